The molecule has 7 nitrogen and oxygen atoms in total. The van der Waals surface area contributed by atoms with Gasteiger partial charge in [0.25, 0.3) is 0 Å². The number of aliphatic imine (C=N–C) groups is 2. The van der Waals surface area contributed by atoms with Crippen molar-refractivity contribution >= 4 is 11.9 Å². The molecule has 0 saturated heterocycles. The molecule has 0 saturated carbocycles. The molecule has 0 spiro atoms. The van der Waals surface area contributed by atoms with Gasteiger partial charge in [0, 0.05) is 7.11 Å². The van der Waals surface area contributed by atoms with Crippen LogP contribution in [-0.4, -0.2) is 31.4 Å². The maximum atomic E-state index is 5.65. The minimum absolute atomic E-state index is 0.135. The highest BCUT2D eigenvalue weighted by atomic mass is 16.5. The molecule has 7 N–H and O–H groups in total. The summed E-state index contributed by atoms with van der Waals surface area (Å²) in [5.41, 5.74) is 16.4. The summed E-state index contributed by atoms with van der Waals surface area (Å²) in [6.45, 7) is 0.135. The van der Waals surface area contributed by atoms with Gasteiger partial charge in [0.15, 0.2) is 11.9 Å². The van der Waals surface area contributed by atoms with Gasteiger partial charge in [0.05, 0.1) is 0 Å². The summed E-state index contributed by atoms with van der Waals surface area (Å²) < 4.78 is 4.80. The predicted molar refractivity (Wildman–Crippen MR) is 45.2 cm³/mol. The molecule has 1 aliphatic heterocycles. The molecule has 1 heterocycles. The van der Waals surface area contributed by atoms with Crippen molar-refractivity contribution in [1.29, 1.82) is 0 Å². The highest BCUT2D eigenvalue weighted by Gasteiger charge is 2.27. The van der Waals surface area contributed by atoms with Gasteiger partial charge in [0.1, 0.15) is 6.61 Å². The van der Waals surface area contributed by atoms with Crippen molar-refractivity contribution in [2.24, 2.45) is 27.2 Å². The van der Waals surface area contributed by atoms with Gasteiger partial charge in [0.2, 0.25) is 5.79 Å². The normalized spacial score (nSPS) is 20.8. The van der Waals surface area contributed by atoms with Crippen LogP contribution in [-0.2, 0) is 4.74 Å². The van der Waals surface area contributed by atoms with Gasteiger partial charge in [-0.05, 0) is 0 Å². The SMILES string of the molecule is COCC1(N)N=C(N)NC(N)=N1. The standard InChI is InChI=1S/C5H12N6O/c1-12-2-5(8)10-3(6)9-4(7)11-5/h2,8H2,1H3,(H5,6,7,9,10,11). The molecular weight excluding hydrogens is 160 g/mol. The molecule has 1 rings (SSSR count). The molecule has 0 atom stereocenters. The summed E-state index contributed by atoms with van der Waals surface area (Å²) >= 11 is 0. The number of hydrogen-bond acceptors (Lipinski definition) is 7. The largest absolute Gasteiger partial charge is 0.379 e. The molecule has 0 unspecified atom stereocenters. The van der Waals surface area contributed by atoms with Crippen LogP contribution in [0.3, 0.4) is 0 Å². The van der Waals surface area contributed by atoms with Crippen molar-refractivity contribution in [3.8, 4) is 0 Å². The van der Waals surface area contributed by atoms with Gasteiger partial charge < -0.3 is 16.2 Å². The molecule has 68 valence electrons. The van der Waals surface area contributed by atoms with E-state index >= 15 is 0 Å². The fourth-order valence-electron chi connectivity index (χ4n) is 0.906. The van der Waals surface area contributed by atoms with Crippen LogP contribution < -0.4 is 22.5 Å². The van der Waals surface area contributed by atoms with Crippen molar-refractivity contribution in [2.45, 2.75) is 5.79 Å². The number of guanidine groups is 2. The molecule has 0 aromatic rings. The molecule has 0 bridgehead atoms. The quantitative estimate of drug-likeness (QED) is 0.366. The van der Waals surface area contributed by atoms with Crippen LogP contribution in [0.2, 0.25) is 0 Å². The van der Waals surface area contributed by atoms with Crippen molar-refractivity contribution in [3.05, 3.63) is 0 Å². The van der Waals surface area contributed by atoms with Crippen LogP contribution in [0, 0.1) is 0 Å². The molecule has 0 amide bonds. The molecule has 0 aromatic carbocycles. The number of ether oxygens (including phenoxy) is 1. The van der Waals surface area contributed by atoms with Crippen LogP contribution in [0.4, 0.5) is 0 Å². The van der Waals surface area contributed by atoms with Gasteiger partial charge >= 0.3 is 0 Å². The van der Waals surface area contributed by atoms with Gasteiger partial charge in [-0.1, -0.05) is 0 Å². The Kier molecular flexibility index (Phi) is 2.15. The highest BCUT2D eigenvalue weighted by molar-refractivity contribution is 5.98. The molecule has 7 heteroatoms. The number of rotatable bonds is 2. The summed E-state index contributed by atoms with van der Waals surface area (Å²) in [4.78, 5) is 7.65. The summed E-state index contributed by atoms with van der Waals surface area (Å²) in [5.74, 6) is -0.905. The first-order chi connectivity index (χ1) is 5.56. The summed E-state index contributed by atoms with van der Waals surface area (Å²) in [7, 11) is 1.49. The lowest BCUT2D eigenvalue weighted by Gasteiger charge is -2.24. The fourth-order valence-corrected chi connectivity index (χ4v) is 0.906. The third-order valence-electron chi connectivity index (χ3n) is 1.24. The third-order valence-corrected chi connectivity index (χ3v) is 1.24. The second kappa shape index (κ2) is 2.95. The number of nitrogens with one attached hydrogen (secondary N) is 1. The van der Waals surface area contributed by atoms with Crippen molar-refractivity contribution in [1.82, 2.24) is 5.32 Å². The second-order valence-corrected chi connectivity index (χ2v) is 2.43. The van der Waals surface area contributed by atoms with Crippen molar-refractivity contribution in [3.63, 3.8) is 0 Å². The topological polar surface area (TPSA) is 124 Å². The van der Waals surface area contributed by atoms with Gasteiger partial charge in [-0.25, -0.2) is 9.98 Å². The van der Waals surface area contributed by atoms with Gasteiger partial charge in [-0.2, -0.15) is 0 Å². The van der Waals surface area contributed by atoms with Crippen LogP contribution in [0.15, 0.2) is 9.98 Å². The van der Waals surface area contributed by atoms with E-state index in [4.69, 9.17) is 21.9 Å². The maximum Gasteiger partial charge on any atom is 0.232 e. The average Bonchev–Trinajstić information content (AvgIpc) is 1.82. The van der Waals surface area contributed by atoms with E-state index in [2.05, 4.69) is 15.3 Å². The van der Waals surface area contributed by atoms with E-state index in [0.29, 0.717) is 0 Å². The summed E-state index contributed by atoms with van der Waals surface area (Å²) in [6, 6.07) is 0. The number of nitrogens with zero attached hydrogens (tertiary/aromatic N) is 2. The first-order valence-corrected chi connectivity index (χ1v) is 3.31. The zero-order chi connectivity index (χ0) is 9.19. The monoisotopic (exact) mass is 172 g/mol. The Morgan fingerprint density at radius 2 is 1.92 bits per heavy atom. The Balaban J connectivity index is 2.81. The summed E-state index contributed by atoms with van der Waals surface area (Å²) in [5, 5.41) is 2.51. The van der Waals surface area contributed by atoms with E-state index in [9.17, 15) is 0 Å². The Labute approximate surface area is 69.7 Å². The Morgan fingerprint density at radius 1 is 1.42 bits per heavy atom. The third kappa shape index (κ3) is 1.83. The molecule has 12 heavy (non-hydrogen) atoms. The van der Waals surface area contributed by atoms with Crippen LogP contribution in [0.5, 0.6) is 0 Å². The van der Waals surface area contributed by atoms with Crippen LogP contribution >= 0.6 is 0 Å². The lowest BCUT2D eigenvalue weighted by Crippen LogP contribution is -2.54. The van der Waals surface area contributed by atoms with Crippen LogP contribution in [0.1, 0.15) is 0 Å². The fraction of sp³-hybridized carbons (Fsp3) is 0.600. The minimum atomic E-state index is -1.19. The van der Waals surface area contributed by atoms with E-state index in [1.165, 1.54) is 7.11 Å². The Bertz CT molecular complexity index is 216. The lowest BCUT2D eigenvalue weighted by molar-refractivity contribution is 0.139. The molecule has 0 radical (unpaired) electrons. The lowest BCUT2D eigenvalue weighted by atomic mass is 10.4. The van der Waals surface area contributed by atoms with E-state index in [1.54, 1.807) is 0 Å². The Morgan fingerprint density at radius 3 is 2.33 bits per heavy atom. The Hall–Kier alpha value is -1.34. The van der Waals surface area contributed by atoms with E-state index < -0.39 is 5.79 Å². The second-order valence-electron chi connectivity index (χ2n) is 2.43. The van der Waals surface area contributed by atoms with Crippen molar-refractivity contribution < 1.29 is 4.74 Å². The van der Waals surface area contributed by atoms with Gasteiger partial charge in [-0.3, -0.25) is 11.1 Å². The van der Waals surface area contributed by atoms with Crippen LogP contribution in [0.25, 0.3) is 0 Å². The number of hydrogen-bond donors (Lipinski definition) is 4. The first-order valence-electron chi connectivity index (χ1n) is 3.31. The number of nitrogens with two attached hydrogens (primary N) is 3. The molecule has 1 aliphatic rings. The summed E-state index contributed by atoms with van der Waals surface area (Å²) in [6.07, 6.45) is 0. The smallest absolute Gasteiger partial charge is 0.232 e. The average molecular weight is 172 g/mol. The molecule has 0 aliphatic carbocycles. The van der Waals surface area contributed by atoms with Crippen molar-refractivity contribution in [2.75, 3.05) is 13.7 Å². The van der Waals surface area contributed by atoms with E-state index in [-0.39, 0.29) is 18.5 Å². The zero-order valence-electron chi connectivity index (χ0n) is 6.74. The first kappa shape index (κ1) is 8.75. The van der Waals surface area contributed by atoms with E-state index in [1.807, 2.05) is 0 Å². The minimum Gasteiger partial charge on any atom is -0.379 e. The van der Waals surface area contributed by atoms with E-state index in [0.717, 1.165) is 0 Å². The van der Waals surface area contributed by atoms with Gasteiger partial charge in [-0.15, -0.1) is 0 Å². The molecular formula is C5H12N6O. The predicted octanol–water partition coefficient (Wildman–Crippen LogP) is -2.52. The number of methoxy groups -OCH3 is 1. The molecule has 0 aromatic heterocycles. The maximum absolute atomic E-state index is 5.65. The molecule has 0 fully saturated rings. The zero-order valence-corrected chi connectivity index (χ0v) is 6.74. The highest BCUT2D eigenvalue weighted by Crippen LogP contribution is 2.07.